The molecule has 0 saturated carbocycles. The zero-order valence-corrected chi connectivity index (χ0v) is 24.3. The van der Waals surface area contributed by atoms with Crippen LogP contribution in [0.25, 0.3) is 0 Å². The van der Waals surface area contributed by atoms with Crippen LogP contribution >= 0.6 is 0 Å². The third kappa shape index (κ3) is 33.1. The van der Waals surface area contributed by atoms with E-state index >= 15 is 0 Å². The molecule has 0 aromatic rings. The van der Waals surface area contributed by atoms with E-state index in [1.54, 1.807) is 0 Å². The maximum Gasteiger partial charge on any atom is 0.220 e. The Morgan fingerprint density at radius 2 is 0.818 bits per heavy atom. The predicted octanol–water partition coefficient (Wildman–Crippen LogP) is 7.88. The average Bonchev–Trinajstić information content (AvgIpc) is 2.69. The molecule has 1 N–H and O–H groups in total. The molecule has 0 aliphatic carbocycles. The first kappa shape index (κ1) is 36.4. The van der Waals surface area contributed by atoms with Gasteiger partial charge in [-0.3, -0.25) is 14.4 Å². The molecule has 0 aromatic carbocycles. The van der Waals surface area contributed by atoms with Gasteiger partial charge >= 0.3 is 0 Å². The van der Waals surface area contributed by atoms with Gasteiger partial charge in [-0.25, -0.2) is 0 Å². The van der Waals surface area contributed by atoms with Gasteiger partial charge in [-0.05, 0) is 36.5 Å². The monoisotopic (exact) mass is 469 g/mol. The summed E-state index contributed by atoms with van der Waals surface area (Å²) in [5.41, 5.74) is 0. The van der Waals surface area contributed by atoms with Crippen LogP contribution < -0.4 is 5.32 Å². The van der Waals surface area contributed by atoms with E-state index in [2.05, 4.69) is 60.7 Å². The summed E-state index contributed by atoms with van der Waals surface area (Å²) in [5.74, 6) is 3.93. The van der Waals surface area contributed by atoms with Crippen molar-refractivity contribution in [2.45, 2.75) is 128 Å². The van der Waals surface area contributed by atoms with Gasteiger partial charge in [0.1, 0.15) is 11.6 Å². The number of amides is 1. The third-order valence-electron chi connectivity index (χ3n) is 5.22. The molecule has 0 fully saturated rings. The van der Waals surface area contributed by atoms with Crippen molar-refractivity contribution >= 4 is 17.5 Å². The number of ketones is 2. The van der Waals surface area contributed by atoms with Crippen molar-refractivity contribution in [3.63, 3.8) is 0 Å². The molecule has 4 nitrogen and oxygen atoms in total. The van der Waals surface area contributed by atoms with Crippen LogP contribution in [0.5, 0.6) is 0 Å². The fourth-order valence-corrected chi connectivity index (χ4v) is 2.51. The lowest BCUT2D eigenvalue weighted by Crippen LogP contribution is -2.26. The molecule has 4 heteroatoms. The van der Waals surface area contributed by atoms with Gasteiger partial charge in [0.2, 0.25) is 5.91 Å². The van der Waals surface area contributed by atoms with E-state index in [1.807, 2.05) is 27.7 Å². The highest BCUT2D eigenvalue weighted by Gasteiger charge is 2.08. The molecule has 0 aliphatic rings. The fraction of sp³-hybridized carbons (Fsp3) is 0.897. The molecular weight excluding hydrogens is 410 g/mol. The van der Waals surface area contributed by atoms with Crippen LogP contribution in [-0.4, -0.2) is 24.0 Å². The first-order valence-electron chi connectivity index (χ1n) is 13.4. The number of carbonyl (C=O) groups is 3. The fourth-order valence-electron chi connectivity index (χ4n) is 2.51. The molecular formula is C29H59NO3. The Labute approximate surface area is 207 Å². The van der Waals surface area contributed by atoms with E-state index < -0.39 is 0 Å². The molecule has 33 heavy (non-hydrogen) atoms. The minimum atomic E-state index is 0.0558. The van der Waals surface area contributed by atoms with E-state index in [1.165, 1.54) is 12.8 Å². The van der Waals surface area contributed by atoms with Crippen molar-refractivity contribution in [1.82, 2.24) is 5.32 Å². The van der Waals surface area contributed by atoms with Crippen LogP contribution in [0.3, 0.4) is 0 Å². The van der Waals surface area contributed by atoms with E-state index in [0.29, 0.717) is 37.0 Å². The lowest BCUT2D eigenvalue weighted by Gasteiger charge is -2.07. The summed E-state index contributed by atoms with van der Waals surface area (Å²) in [4.78, 5) is 33.6. The summed E-state index contributed by atoms with van der Waals surface area (Å²) in [6.45, 7) is 25.8. The van der Waals surface area contributed by atoms with Crippen molar-refractivity contribution in [2.75, 3.05) is 6.54 Å². The second-order valence-electron chi connectivity index (χ2n) is 11.6. The molecule has 0 spiro atoms. The smallest absolute Gasteiger partial charge is 0.220 e. The number of Topliss-reactive ketones (excluding diaryl/α,β-unsaturated/α-hetero) is 2. The van der Waals surface area contributed by atoms with Gasteiger partial charge in [-0.1, -0.05) is 95.9 Å². The molecule has 0 heterocycles. The number of carbonyl (C=O) groups excluding carboxylic acids is 3. The van der Waals surface area contributed by atoms with Crippen LogP contribution in [-0.2, 0) is 14.4 Å². The average molecular weight is 470 g/mol. The second-order valence-corrected chi connectivity index (χ2v) is 11.6. The standard InChI is InChI=1S/C12H23NO2.C9H18O.C8H18/c1-9(2)5-6-12(15)13-8-7-11(14)10(3)4;1-7(2)5-6-9(10)8(3)4;1-7(2)5-6-8(3)4/h9-10H,5-8H2,1-4H3,(H,13,15);7-8H,5-6H2,1-4H3;7-8H,5-6H2,1-4H3. The zero-order valence-electron chi connectivity index (χ0n) is 24.3. The van der Waals surface area contributed by atoms with Gasteiger partial charge in [-0.2, -0.15) is 0 Å². The summed E-state index contributed by atoms with van der Waals surface area (Å²) in [6.07, 6.45) is 6.49. The molecule has 0 radical (unpaired) electrons. The van der Waals surface area contributed by atoms with Crippen molar-refractivity contribution in [3.8, 4) is 0 Å². The van der Waals surface area contributed by atoms with Gasteiger partial charge in [0.15, 0.2) is 0 Å². The minimum absolute atomic E-state index is 0.0558. The highest BCUT2D eigenvalue weighted by atomic mass is 16.2. The Balaban J connectivity index is -0.000000435. The van der Waals surface area contributed by atoms with Crippen LogP contribution in [0.4, 0.5) is 0 Å². The lowest BCUT2D eigenvalue weighted by molar-refractivity contribution is -0.123. The molecule has 198 valence electrons. The van der Waals surface area contributed by atoms with Crippen LogP contribution in [0.1, 0.15) is 128 Å². The van der Waals surface area contributed by atoms with Crippen LogP contribution in [0.2, 0.25) is 0 Å². The summed E-state index contributed by atoms with van der Waals surface area (Å²) in [6, 6.07) is 0. The van der Waals surface area contributed by atoms with Gasteiger partial charge in [-0.15, -0.1) is 0 Å². The normalized spacial score (nSPS) is 11.0. The molecule has 0 unspecified atom stereocenters. The highest BCUT2D eigenvalue weighted by molar-refractivity contribution is 5.81. The Morgan fingerprint density at radius 3 is 1.15 bits per heavy atom. The first-order chi connectivity index (χ1) is 15.1. The highest BCUT2D eigenvalue weighted by Crippen LogP contribution is 2.10. The number of hydrogen-bond donors (Lipinski definition) is 1. The second kappa shape index (κ2) is 22.6. The number of rotatable bonds is 14. The van der Waals surface area contributed by atoms with Crippen LogP contribution in [0.15, 0.2) is 0 Å². The summed E-state index contributed by atoms with van der Waals surface area (Å²) < 4.78 is 0. The van der Waals surface area contributed by atoms with Gasteiger partial charge in [0, 0.05) is 37.6 Å². The molecule has 0 saturated heterocycles. The topological polar surface area (TPSA) is 63.2 Å². The molecule has 0 atom stereocenters. The Morgan fingerprint density at radius 1 is 0.485 bits per heavy atom. The van der Waals surface area contributed by atoms with Gasteiger partial charge < -0.3 is 5.32 Å². The SMILES string of the molecule is CC(C)CCC(=O)C(C)C.CC(C)CCC(=O)NCCC(=O)C(C)C.CC(C)CCC(C)C. The lowest BCUT2D eigenvalue weighted by atomic mass is 10.00. The molecule has 0 aromatic heterocycles. The Hall–Kier alpha value is -1.19. The molecule has 0 bridgehead atoms. The van der Waals surface area contributed by atoms with Crippen molar-refractivity contribution in [3.05, 3.63) is 0 Å². The van der Waals surface area contributed by atoms with E-state index in [-0.39, 0.29) is 23.5 Å². The molecule has 1 amide bonds. The maximum absolute atomic E-state index is 11.3. The van der Waals surface area contributed by atoms with Gasteiger partial charge in [0.25, 0.3) is 0 Å². The van der Waals surface area contributed by atoms with Crippen molar-refractivity contribution in [2.24, 2.45) is 35.5 Å². The molecule has 0 rings (SSSR count). The van der Waals surface area contributed by atoms with E-state index in [9.17, 15) is 14.4 Å². The first-order valence-corrected chi connectivity index (χ1v) is 13.4. The Kier molecular flexibility index (Phi) is 24.9. The van der Waals surface area contributed by atoms with E-state index in [0.717, 1.165) is 31.1 Å². The summed E-state index contributed by atoms with van der Waals surface area (Å²) in [5, 5.41) is 2.76. The largest absolute Gasteiger partial charge is 0.356 e. The minimum Gasteiger partial charge on any atom is -0.356 e. The molecule has 0 aliphatic heterocycles. The van der Waals surface area contributed by atoms with E-state index in [4.69, 9.17) is 0 Å². The third-order valence-corrected chi connectivity index (χ3v) is 5.22. The van der Waals surface area contributed by atoms with Crippen molar-refractivity contribution < 1.29 is 14.4 Å². The van der Waals surface area contributed by atoms with Crippen LogP contribution in [0, 0.1) is 35.5 Å². The number of hydrogen-bond acceptors (Lipinski definition) is 3. The maximum atomic E-state index is 11.3. The predicted molar refractivity (Wildman–Crippen MR) is 144 cm³/mol. The quantitative estimate of drug-likeness (QED) is 0.281. The summed E-state index contributed by atoms with van der Waals surface area (Å²) >= 11 is 0. The van der Waals surface area contributed by atoms with Crippen molar-refractivity contribution in [1.29, 1.82) is 0 Å². The summed E-state index contributed by atoms with van der Waals surface area (Å²) in [7, 11) is 0. The zero-order chi connectivity index (χ0) is 26.6. The van der Waals surface area contributed by atoms with Gasteiger partial charge in [0.05, 0.1) is 0 Å². The Bertz CT molecular complexity index is 483. The number of nitrogens with one attached hydrogen (secondary N) is 1.